The van der Waals surface area contributed by atoms with Gasteiger partial charge in [0.05, 0.1) is 44.5 Å². The molecule has 26 heteroatoms. The molecule has 5 saturated heterocycles. The molecule has 10 heterocycles. The molecular formula is C90H100F2N10O14. The minimum absolute atomic E-state index is 0.0164. The number of halogens is 2. The molecule has 10 aliphatic rings. The third-order valence-corrected chi connectivity index (χ3v) is 22.2. The van der Waals surface area contributed by atoms with Crippen molar-refractivity contribution < 1.29 is 75.9 Å². The monoisotopic (exact) mass is 1580 g/mol. The van der Waals surface area contributed by atoms with E-state index in [-0.39, 0.29) is 80.0 Å². The van der Waals surface area contributed by atoms with Crippen molar-refractivity contribution in [3.05, 3.63) is 235 Å². The standard InChI is InChI=1S/2C18H19FN2O3.2C18H20N2O3.C18H22N2O2/c2*1-9-5-6-14(15(22)20-9)21-16(23)10-7-12(18(2,3)4)13(19)8-11(10)17(21)24;2*1-10-5-8-14(15(21)19-10)20-16(22)12-7-6-11(18(2,3)4)9-13(12)17(20)23;1-11-5-8-15(16(21)19-11)20-10-12-9-13(18(2,3)4)6-7-14(12)17(20)22/h2*7-8,14H,1,5-6H2,2-4H3,(H,20,22);2*6-7,9,14H,1,5,8H2,2-4H3,(H,19,21);6-7,9,15H,1,5,8,10H2,2-4H3,(H,19,21)/t14-;;14-;;/m0.0../s1. The van der Waals surface area contributed by atoms with Crippen molar-refractivity contribution >= 4 is 82.7 Å². The van der Waals surface area contributed by atoms with Crippen LogP contribution in [-0.2, 0) is 57.6 Å². The van der Waals surface area contributed by atoms with E-state index in [4.69, 9.17) is 0 Å². The number of piperidine rings is 5. The maximum atomic E-state index is 14.4. The van der Waals surface area contributed by atoms with E-state index in [1.54, 1.807) is 29.2 Å². The fourth-order valence-electron chi connectivity index (χ4n) is 15.4. The number of nitrogens with zero attached hydrogens (tertiary/aromatic N) is 5. The fourth-order valence-corrected chi connectivity index (χ4v) is 15.4. The lowest BCUT2D eigenvalue weighted by atomic mass is 9.85. The molecule has 0 radical (unpaired) electrons. The lowest BCUT2D eigenvalue weighted by Gasteiger charge is -2.30. The molecule has 5 atom stereocenters. The average molecular weight is 1580 g/mol. The van der Waals surface area contributed by atoms with Crippen LogP contribution in [-0.4, -0.2) is 137 Å². The largest absolute Gasteiger partial charge is 0.329 e. The number of nitrogens with one attached hydrogen (secondary N) is 5. The van der Waals surface area contributed by atoms with Gasteiger partial charge in [-0.15, -0.1) is 0 Å². The SMILES string of the molecule is C=C1CCC(N2C(=O)c3cc(F)c(C(C)(C)C)cc3C2=O)C(=O)N1.C=C1CCC(N2C(=O)c3ccc(C(C)(C)C)cc3C2=O)C(=O)N1.C=C1CCC(N2Cc3cc(C(C)(C)C)ccc3C2=O)C(=O)N1.C=C1CC[C@H](N2C(=O)c3cc(F)c(C(C)(C)C)cc3C2=O)C(=O)N1.C=C1CC[C@H](N2C(=O)c3ccc(C(C)(C)C)cc3C2=O)C(=O)N1. The molecule has 608 valence electrons. The number of imide groups is 4. The third kappa shape index (κ3) is 16.7. The fraction of sp³-hybridized carbons (Fsp3) is 0.400. The van der Waals surface area contributed by atoms with Crippen LogP contribution in [0.5, 0.6) is 0 Å². The van der Waals surface area contributed by atoms with E-state index >= 15 is 0 Å². The molecule has 3 unspecified atom stereocenters. The molecule has 15 rings (SSSR count). The Labute approximate surface area is 673 Å². The summed E-state index contributed by atoms with van der Waals surface area (Å²) < 4.78 is 28.7. The van der Waals surface area contributed by atoms with E-state index in [1.807, 2.05) is 107 Å². The van der Waals surface area contributed by atoms with Crippen LogP contribution in [0.25, 0.3) is 0 Å². The van der Waals surface area contributed by atoms with Crippen molar-refractivity contribution in [1.29, 1.82) is 0 Å². The van der Waals surface area contributed by atoms with Crippen molar-refractivity contribution in [2.75, 3.05) is 0 Å². The van der Waals surface area contributed by atoms with Crippen molar-refractivity contribution in [2.45, 2.75) is 232 Å². The first-order valence-electron chi connectivity index (χ1n) is 38.8. The first-order chi connectivity index (χ1) is 53.9. The van der Waals surface area contributed by atoms with E-state index in [1.165, 1.54) is 17.7 Å². The normalized spacial score (nSPS) is 21.4. The van der Waals surface area contributed by atoms with E-state index in [0.717, 1.165) is 66.1 Å². The zero-order chi connectivity index (χ0) is 85.6. The topological polar surface area (TPSA) is 315 Å². The molecule has 0 aliphatic carbocycles. The van der Waals surface area contributed by atoms with Gasteiger partial charge in [-0.05, 0) is 179 Å². The second-order valence-corrected chi connectivity index (χ2v) is 36.0. The summed E-state index contributed by atoms with van der Waals surface area (Å²) in [6, 6.07) is 18.1. The summed E-state index contributed by atoms with van der Waals surface area (Å²) in [7, 11) is 0. The second-order valence-electron chi connectivity index (χ2n) is 36.0. The van der Waals surface area contributed by atoms with Gasteiger partial charge in [-0.3, -0.25) is 86.7 Å². The number of carbonyl (C=O) groups excluding carboxylic acids is 14. The van der Waals surface area contributed by atoms with Crippen LogP contribution < -0.4 is 26.6 Å². The lowest BCUT2D eigenvalue weighted by molar-refractivity contribution is -0.126. The van der Waals surface area contributed by atoms with E-state index in [2.05, 4.69) is 86.3 Å². The van der Waals surface area contributed by atoms with Gasteiger partial charge in [0.1, 0.15) is 41.8 Å². The van der Waals surface area contributed by atoms with E-state index in [0.29, 0.717) is 121 Å². The summed E-state index contributed by atoms with van der Waals surface area (Å²) in [4.78, 5) is 180. The number of fused-ring (bicyclic) bond motifs is 5. The Morgan fingerprint density at radius 3 is 0.776 bits per heavy atom. The molecule has 5 aromatic carbocycles. The Hall–Kier alpha value is -12.0. The molecule has 0 aromatic heterocycles. The Bertz CT molecular complexity index is 4970. The predicted octanol–water partition coefficient (Wildman–Crippen LogP) is 12.5. The first kappa shape index (κ1) is 84.9. The highest BCUT2D eigenvalue weighted by atomic mass is 19.1. The van der Waals surface area contributed by atoms with Crippen molar-refractivity contribution in [1.82, 2.24) is 51.1 Å². The first-order valence-corrected chi connectivity index (χ1v) is 38.8. The summed E-state index contributed by atoms with van der Waals surface area (Å²) in [5.74, 6) is -6.64. The Kier molecular flexibility index (Phi) is 22.9. The molecular weight excluding hydrogens is 1480 g/mol. The number of amides is 14. The second kappa shape index (κ2) is 31.3. The summed E-state index contributed by atoms with van der Waals surface area (Å²) >= 11 is 0. The zero-order valence-electron chi connectivity index (χ0n) is 68.4. The van der Waals surface area contributed by atoms with Gasteiger partial charge in [0.25, 0.3) is 53.2 Å². The molecule has 116 heavy (non-hydrogen) atoms. The lowest BCUT2D eigenvalue weighted by Crippen LogP contribution is -2.51. The Morgan fingerprint density at radius 1 is 0.284 bits per heavy atom. The Balaban J connectivity index is 0.000000143. The quantitative estimate of drug-likeness (QED) is 0.102. The number of allylic oxidation sites excluding steroid dienone is 5. The van der Waals surface area contributed by atoms with Crippen molar-refractivity contribution in [3.63, 3.8) is 0 Å². The minimum Gasteiger partial charge on any atom is -0.329 e. The number of rotatable bonds is 5. The van der Waals surface area contributed by atoms with Crippen LogP contribution in [0.3, 0.4) is 0 Å². The number of hydrogen-bond donors (Lipinski definition) is 5. The average Bonchev–Trinajstić information content (AvgIpc) is 1.61. The number of benzene rings is 5. The van der Waals surface area contributed by atoms with Crippen LogP contribution in [0.1, 0.15) is 295 Å². The van der Waals surface area contributed by atoms with Crippen molar-refractivity contribution in [2.24, 2.45) is 0 Å². The van der Waals surface area contributed by atoms with Crippen LogP contribution in [0.4, 0.5) is 8.78 Å². The molecule has 24 nitrogen and oxygen atoms in total. The number of carbonyl (C=O) groups is 14. The van der Waals surface area contributed by atoms with Gasteiger partial charge < -0.3 is 31.5 Å². The smallest absolute Gasteiger partial charge is 0.262 e. The van der Waals surface area contributed by atoms with Gasteiger partial charge in [0.15, 0.2) is 0 Å². The minimum atomic E-state index is -0.885. The van der Waals surface area contributed by atoms with Gasteiger partial charge in [-0.1, -0.05) is 161 Å². The van der Waals surface area contributed by atoms with Crippen LogP contribution >= 0.6 is 0 Å². The van der Waals surface area contributed by atoms with Crippen molar-refractivity contribution in [3.8, 4) is 0 Å². The summed E-state index contributed by atoms with van der Waals surface area (Å²) in [6.45, 7) is 48.9. The predicted molar refractivity (Wildman–Crippen MR) is 429 cm³/mol. The third-order valence-electron chi connectivity index (χ3n) is 22.2. The van der Waals surface area contributed by atoms with Gasteiger partial charge in [-0.25, -0.2) is 8.78 Å². The van der Waals surface area contributed by atoms with Crippen LogP contribution in [0, 0.1) is 11.6 Å². The maximum Gasteiger partial charge on any atom is 0.262 e. The highest BCUT2D eigenvalue weighted by Gasteiger charge is 2.50. The van der Waals surface area contributed by atoms with Crippen LogP contribution in [0.2, 0.25) is 0 Å². The van der Waals surface area contributed by atoms with Gasteiger partial charge in [-0.2, -0.15) is 0 Å². The Morgan fingerprint density at radius 2 is 0.517 bits per heavy atom. The number of hydrogen-bond acceptors (Lipinski definition) is 14. The van der Waals surface area contributed by atoms with E-state index < -0.39 is 93.9 Å². The summed E-state index contributed by atoms with van der Waals surface area (Å²) in [6.07, 6.45) is 4.98. The van der Waals surface area contributed by atoms with Gasteiger partial charge in [0, 0.05) is 40.6 Å². The molecule has 5 N–H and O–H groups in total. The molecule has 0 spiro atoms. The molecule has 10 aliphatic heterocycles. The highest BCUT2D eigenvalue weighted by Crippen LogP contribution is 2.40. The van der Waals surface area contributed by atoms with Crippen LogP contribution in [0.15, 0.2) is 140 Å². The molecule has 5 fully saturated rings. The van der Waals surface area contributed by atoms with Gasteiger partial charge in [0.2, 0.25) is 29.5 Å². The molecule has 0 saturated carbocycles. The molecule has 5 aromatic rings. The van der Waals surface area contributed by atoms with Gasteiger partial charge >= 0.3 is 0 Å². The molecule has 14 amide bonds. The van der Waals surface area contributed by atoms with E-state index in [9.17, 15) is 75.9 Å². The maximum absolute atomic E-state index is 14.4. The summed E-state index contributed by atoms with van der Waals surface area (Å²) in [5.41, 5.74) is 9.45. The zero-order valence-corrected chi connectivity index (χ0v) is 68.4. The summed E-state index contributed by atoms with van der Waals surface area (Å²) in [5, 5.41) is 13.2. The molecule has 0 bridgehead atoms. The highest BCUT2D eigenvalue weighted by molar-refractivity contribution is 6.26.